The van der Waals surface area contributed by atoms with Gasteiger partial charge in [-0.15, -0.1) is 0 Å². The Morgan fingerprint density at radius 2 is 2.43 bits per heavy atom. The number of nitrogens with one attached hydrogen (secondary N) is 1. The normalized spacial score (nSPS) is 11.2. The summed E-state index contributed by atoms with van der Waals surface area (Å²) in [6.07, 6.45) is 3.83. The molecule has 0 saturated carbocycles. The molecule has 0 spiro atoms. The molecule has 0 saturated heterocycles. The molecule has 4 nitrogen and oxygen atoms in total. The van der Waals surface area contributed by atoms with E-state index in [2.05, 4.69) is 15.1 Å². The Hall–Kier alpha value is -1.62. The van der Waals surface area contributed by atoms with Crippen molar-refractivity contribution in [3.8, 4) is 11.4 Å². The molecule has 3 heterocycles. The molecule has 3 aromatic heterocycles. The van der Waals surface area contributed by atoms with Gasteiger partial charge in [0, 0.05) is 6.20 Å². The molecule has 0 atom stereocenters. The van der Waals surface area contributed by atoms with E-state index in [0.717, 1.165) is 21.4 Å². The van der Waals surface area contributed by atoms with Crippen LogP contribution in [-0.4, -0.2) is 19.6 Å². The summed E-state index contributed by atoms with van der Waals surface area (Å²) in [6.45, 7) is 1.98. The highest BCUT2D eigenvalue weighted by molar-refractivity contribution is 7.16. The van der Waals surface area contributed by atoms with Gasteiger partial charge in [-0.1, -0.05) is 11.3 Å². The second-order valence-electron chi connectivity index (χ2n) is 3.06. The summed E-state index contributed by atoms with van der Waals surface area (Å²) in [6, 6.07) is 3.96. The van der Waals surface area contributed by atoms with Gasteiger partial charge < -0.3 is 4.98 Å². The Kier molecular flexibility index (Phi) is 1.49. The van der Waals surface area contributed by atoms with Crippen LogP contribution in [0.4, 0.5) is 0 Å². The van der Waals surface area contributed by atoms with Crippen LogP contribution in [0.1, 0.15) is 5.01 Å². The lowest BCUT2D eigenvalue weighted by Gasteiger charge is -1.86. The molecule has 0 aliphatic heterocycles. The number of aryl methyl sites for hydroxylation is 1. The second-order valence-corrected chi connectivity index (χ2v) is 4.22. The van der Waals surface area contributed by atoms with Crippen LogP contribution in [0.25, 0.3) is 16.3 Å². The molecule has 0 aliphatic rings. The van der Waals surface area contributed by atoms with Gasteiger partial charge in [0.1, 0.15) is 10.7 Å². The van der Waals surface area contributed by atoms with Gasteiger partial charge in [-0.25, -0.2) is 9.50 Å². The molecule has 0 radical (unpaired) electrons. The van der Waals surface area contributed by atoms with Crippen LogP contribution in [-0.2, 0) is 0 Å². The number of hydrogen-bond acceptors (Lipinski definition) is 3. The Labute approximate surface area is 84.2 Å². The molecule has 0 aliphatic carbocycles. The van der Waals surface area contributed by atoms with Crippen molar-refractivity contribution in [2.45, 2.75) is 6.92 Å². The molecular formula is C9H8N4S. The van der Waals surface area contributed by atoms with E-state index >= 15 is 0 Å². The zero-order valence-corrected chi connectivity index (χ0v) is 8.38. The molecule has 14 heavy (non-hydrogen) atoms. The molecule has 0 unspecified atom stereocenters. The van der Waals surface area contributed by atoms with Crippen molar-refractivity contribution in [1.29, 1.82) is 0 Å². The molecule has 3 aromatic rings. The van der Waals surface area contributed by atoms with Gasteiger partial charge >= 0.3 is 0 Å². The van der Waals surface area contributed by atoms with Crippen molar-refractivity contribution in [3.63, 3.8) is 0 Å². The monoisotopic (exact) mass is 204 g/mol. The maximum absolute atomic E-state index is 4.46. The maximum atomic E-state index is 4.46. The lowest BCUT2D eigenvalue weighted by atomic mass is 10.3. The summed E-state index contributed by atoms with van der Waals surface area (Å²) >= 11 is 1.60. The largest absolute Gasteiger partial charge is 0.360 e. The maximum Gasteiger partial charge on any atom is 0.212 e. The van der Waals surface area contributed by atoms with Gasteiger partial charge in [0.05, 0.1) is 11.9 Å². The summed E-state index contributed by atoms with van der Waals surface area (Å²) in [5.41, 5.74) is 1.97. The first-order valence-corrected chi connectivity index (χ1v) is 5.11. The van der Waals surface area contributed by atoms with E-state index in [-0.39, 0.29) is 0 Å². The highest BCUT2D eigenvalue weighted by Crippen LogP contribution is 2.19. The first-order chi connectivity index (χ1) is 6.83. The van der Waals surface area contributed by atoms with Gasteiger partial charge in [0.15, 0.2) is 0 Å². The molecular weight excluding hydrogens is 196 g/mol. The fraction of sp³-hybridized carbons (Fsp3) is 0.111. The zero-order valence-electron chi connectivity index (χ0n) is 7.56. The number of H-pyrrole nitrogens is 1. The van der Waals surface area contributed by atoms with E-state index in [9.17, 15) is 0 Å². The molecule has 0 fully saturated rings. The van der Waals surface area contributed by atoms with E-state index in [1.807, 2.05) is 36.0 Å². The highest BCUT2D eigenvalue weighted by Gasteiger charge is 2.07. The summed E-state index contributed by atoms with van der Waals surface area (Å²) in [5.74, 6) is 0. The van der Waals surface area contributed by atoms with Crippen molar-refractivity contribution in [2.24, 2.45) is 0 Å². The standard InChI is InChI=1S/C9H8N4S/c1-6-12-13-5-8(11-9(13)14-6)7-3-2-4-10-7/h2-5,10H,1H3. The van der Waals surface area contributed by atoms with Crippen molar-refractivity contribution < 1.29 is 0 Å². The highest BCUT2D eigenvalue weighted by atomic mass is 32.1. The fourth-order valence-electron chi connectivity index (χ4n) is 1.42. The first-order valence-electron chi connectivity index (χ1n) is 4.29. The third kappa shape index (κ3) is 1.06. The number of aromatic amines is 1. The van der Waals surface area contributed by atoms with E-state index in [4.69, 9.17) is 0 Å². The summed E-state index contributed by atoms with van der Waals surface area (Å²) in [7, 11) is 0. The van der Waals surface area contributed by atoms with Crippen molar-refractivity contribution in [1.82, 2.24) is 19.6 Å². The molecule has 3 rings (SSSR count). The van der Waals surface area contributed by atoms with E-state index in [1.165, 1.54) is 0 Å². The average Bonchev–Trinajstić information content (AvgIpc) is 2.74. The topological polar surface area (TPSA) is 46.0 Å². The quantitative estimate of drug-likeness (QED) is 0.659. The van der Waals surface area contributed by atoms with E-state index in [1.54, 1.807) is 11.3 Å². The summed E-state index contributed by atoms with van der Waals surface area (Å²) in [5, 5.41) is 5.34. The number of fused-ring (bicyclic) bond motifs is 1. The molecule has 0 bridgehead atoms. The van der Waals surface area contributed by atoms with Crippen LogP contribution in [0, 0.1) is 6.92 Å². The number of aromatic nitrogens is 4. The van der Waals surface area contributed by atoms with Crippen LogP contribution in [0.3, 0.4) is 0 Å². The lowest BCUT2D eigenvalue weighted by Crippen LogP contribution is -1.80. The predicted molar refractivity (Wildman–Crippen MR) is 55.4 cm³/mol. The summed E-state index contributed by atoms with van der Waals surface area (Å²) in [4.78, 5) is 8.52. The van der Waals surface area contributed by atoms with Gasteiger partial charge in [0.2, 0.25) is 4.96 Å². The lowest BCUT2D eigenvalue weighted by molar-refractivity contribution is 0.946. The van der Waals surface area contributed by atoms with Gasteiger partial charge in [0.25, 0.3) is 0 Å². The third-order valence-corrected chi connectivity index (χ3v) is 2.86. The number of rotatable bonds is 1. The smallest absolute Gasteiger partial charge is 0.212 e. The Morgan fingerprint density at radius 1 is 1.50 bits per heavy atom. The molecule has 0 aromatic carbocycles. The Balaban J connectivity index is 2.20. The van der Waals surface area contributed by atoms with Gasteiger partial charge in [-0.05, 0) is 19.1 Å². The average molecular weight is 204 g/mol. The van der Waals surface area contributed by atoms with Gasteiger partial charge in [-0.2, -0.15) is 5.10 Å². The van der Waals surface area contributed by atoms with Crippen molar-refractivity contribution >= 4 is 16.3 Å². The van der Waals surface area contributed by atoms with Crippen LogP contribution in [0.15, 0.2) is 24.5 Å². The third-order valence-electron chi connectivity index (χ3n) is 2.02. The summed E-state index contributed by atoms with van der Waals surface area (Å²) < 4.78 is 1.82. The van der Waals surface area contributed by atoms with Crippen LogP contribution in [0.5, 0.6) is 0 Å². The first kappa shape index (κ1) is 7.75. The van der Waals surface area contributed by atoms with Gasteiger partial charge in [-0.3, -0.25) is 0 Å². The predicted octanol–water partition coefficient (Wildman–Crippen LogP) is 2.09. The Morgan fingerprint density at radius 3 is 3.14 bits per heavy atom. The van der Waals surface area contributed by atoms with Crippen LogP contribution < -0.4 is 0 Å². The van der Waals surface area contributed by atoms with Crippen molar-refractivity contribution in [3.05, 3.63) is 29.5 Å². The molecule has 5 heteroatoms. The number of imidazole rings is 1. The minimum atomic E-state index is 0.937. The number of hydrogen-bond donors (Lipinski definition) is 1. The number of nitrogens with zero attached hydrogens (tertiary/aromatic N) is 3. The van der Waals surface area contributed by atoms with E-state index < -0.39 is 0 Å². The minimum absolute atomic E-state index is 0.937. The second kappa shape index (κ2) is 2.68. The fourth-order valence-corrected chi connectivity index (χ4v) is 2.14. The van der Waals surface area contributed by atoms with E-state index in [0.29, 0.717) is 0 Å². The van der Waals surface area contributed by atoms with Crippen LogP contribution >= 0.6 is 11.3 Å². The molecule has 1 N–H and O–H groups in total. The SMILES string of the molecule is Cc1nn2cc(-c3ccc[nH]3)nc2s1. The Bertz CT molecular complexity index is 529. The zero-order chi connectivity index (χ0) is 9.54. The molecule has 0 amide bonds. The minimum Gasteiger partial charge on any atom is -0.360 e. The van der Waals surface area contributed by atoms with Crippen LogP contribution in [0.2, 0.25) is 0 Å². The van der Waals surface area contributed by atoms with Crippen molar-refractivity contribution in [2.75, 3.05) is 0 Å². The molecule has 70 valence electrons.